The molecule has 0 saturated carbocycles. The Bertz CT molecular complexity index is 1150. The second kappa shape index (κ2) is 11.0. The molecule has 31 heavy (non-hydrogen) atoms. The molecule has 0 atom stereocenters. The highest BCUT2D eigenvalue weighted by Crippen LogP contribution is 2.29. The number of aromatic nitrogens is 3. The molecule has 0 aliphatic carbocycles. The standard InChI is InChI=1S/C22H24Cl2N4O2S/c1-3-4-5-8-11-28-21(30)15-9-6-7-10-17(15)26-22(28)31-13-18(29)27-20-19(24)14(2)16(23)12-25-20/h6-7,9-10,12H,3-5,8,11,13H2,1-2H3,(H,25,27,29). The van der Waals surface area contributed by atoms with E-state index in [4.69, 9.17) is 23.2 Å². The molecule has 3 rings (SSSR count). The van der Waals surface area contributed by atoms with Crippen molar-refractivity contribution in [1.29, 1.82) is 0 Å². The van der Waals surface area contributed by atoms with Crippen LogP contribution in [-0.2, 0) is 11.3 Å². The predicted molar refractivity (Wildman–Crippen MR) is 128 cm³/mol. The summed E-state index contributed by atoms with van der Waals surface area (Å²) >= 11 is 13.5. The number of benzene rings is 1. The van der Waals surface area contributed by atoms with Gasteiger partial charge in [0, 0.05) is 12.7 Å². The summed E-state index contributed by atoms with van der Waals surface area (Å²) in [6.45, 7) is 4.48. The van der Waals surface area contributed by atoms with Crippen LogP contribution in [0.3, 0.4) is 0 Å². The van der Waals surface area contributed by atoms with E-state index in [9.17, 15) is 9.59 Å². The lowest BCUT2D eigenvalue weighted by Crippen LogP contribution is -2.24. The third kappa shape index (κ3) is 5.79. The molecule has 0 fully saturated rings. The van der Waals surface area contributed by atoms with Crippen molar-refractivity contribution in [3.63, 3.8) is 0 Å². The van der Waals surface area contributed by atoms with Crippen LogP contribution in [0, 0.1) is 6.92 Å². The van der Waals surface area contributed by atoms with Crippen LogP contribution in [0.25, 0.3) is 10.9 Å². The highest BCUT2D eigenvalue weighted by molar-refractivity contribution is 7.99. The first kappa shape index (κ1) is 23.6. The summed E-state index contributed by atoms with van der Waals surface area (Å²) in [4.78, 5) is 34.3. The number of carbonyl (C=O) groups is 1. The van der Waals surface area contributed by atoms with Gasteiger partial charge in [-0.15, -0.1) is 0 Å². The molecule has 0 unspecified atom stereocenters. The van der Waals surface area contributed by atoms with Gasteiger partial charge in [-0.2, -0.15) is 0 Å². The molecular weight excluding hydrogens is 455 g/mol. The summed E-state index contributed by atoms with van der Waals surface area (Å²) in [5.41, 5.74) is 1.19. The number of carbonyl (C=O) groups excluding carboxylic acids is 1. The van der Waals surface area contributed by atoms with Gasteiger partial charge in [0.05, 0.1) is 26.7 Å². The summed E-state index contributed by atoms with van der Waals surface area (Å²) in [5.74, 6) is 0.0399. The van der Waals surface area contributed by atoms with E-state index in [1.807, 2.05) is 18.2 Å². The van der Waals surface area contributed by atoms with E-state index in [2.05, 4.69) is 22.2 Å². The second-order valence-electron chi connectivity index (χ2n) is 7.16. The lowest BCUT2D eigenvalue weighted by Gasteiger charge is -2.13. The van der Waals surface area contributed by atoms with E-state index >= 15 is 0 Å². The molecule has 0 radical (unpaired) electrons. The first-order valence-electron chi connectivity index (χ1n) is 10.1. The third-order valence-electron chi connectivity index (χ3n) is 4.85. The van der Waals surface area contributed by atoms with Crippen LogP contribution in [-0.4, -0.2) is 26.2 Å². The molecule has 0 saturated heterocycles. The number of amides is 1. The molecular formula is C22H24Cl2N4O2S. The molecule has 6 nitrogen and oxygen atoms in total. The number of rotatable bonds is 9. The van der Waals surface area contributed by atoms with Crippen LogP contribution in [0.1, 0.15) is 38.2 Å². The highest BCUT2D eigenvalue weighted by atomic mass is 35.5. The lowest BCUT2D eigenvalue weighted by atomic mass is 10.2. The predicted octanol–water partition coefficient (Wildman–Crippen LogP) is 5.72. The molecule has 1 N–H and O–H groups in total. The van der Waals surface area contributed by atoms with E-state index < -0.39 is 0 Å². The quantitative estimate of drug-likeness (QED) is 0.241. The fourth-order valence-corrected chi connectivity index (χ4v) is 4.31. The normalized spacial score (nSPS) is 11.1. The van der Waals surface area contributed by atoms with Crippen molar-refractivity contribution < 1.29 is 4.79 Å². The number of pyridine rings is 1. The van der Waals surface area contributed by atoms with E-state index in [0.717, 1.165) is 25.7 Å². The summed E-state index contributed by atoms with van der Waals surface area (Å²) in [7, 11) is 0. The van der Waals surface area contributed by atoms with Gasteiger partial charge in [0.15, 0.2) is 11.0 Å². The Labute approximate surface area is 195 Å². The van der Waals surface area contributed by atoms with Gasteiger partial charge >= 0.3 is 0 Å². The van der Waals surface area contributed by atoms with Gasteiger partial charge in [-0.05, 0) is 31.0 Å². The Hall–Kier alpha value is -2.09. The Morgan fingerprint density at radius 1 is 1.19 bits per heavy atom. The molecule has 0 spiro atoms. The van der Waals surface area contributed by atoms with Gasteiger partial charge < -0.3 is 5.32 Å². The summed E-state index contributed by atoms with van der Waals surface area (Å²) in [5, 5.41) is 4.56. The average Bonchev–Trinajstić information content (AvgIpc) is 2.77. The Morgan fingerprint density at radius 3 is 2.74 bits per heavy atom. The van der Waals surface area contributed by atoms with Crippen LogP contribution in [0.4, 0.5) is 5.82 Å². The maximum absolute atomic E-state index is 13.0. The molecule has 0 aliphatic rings. The van der Waals surface area contributed by atoms with E-state index in [-0.39, 0.29) is 23.0 Å². The molecule has 1 amide bonds. The van der Waals surface area contributed by atoms with Crippen molar-refractivity contribution in [2.45, 2.75) is 51.2 Å². The largest absolute Gasteiger partial charge is 0.309 e. The minimum atomic E-state index is -0.291. The summed E-state index contributed by atoms with van der Waals surface area (Å²) in [6.07, 6.45) is 5.62. The molecule has 9 heteroatoms. The number of halogens is 2. The Balaban J connectivity index is 1.78. The highest BCUT2D eigenvalue weighted by Gasteiger charge is 2.15. The number of hydrogen-bond donors (Lipinski definition) is 1. The Morgan fingerprint density at radius 2 is 1.97 bits per heavy atom. The van der Waals surface area contributed by atoms with Crippen LogP contribution in [0.2, 0.25) is 10.0 Å². The zero-order valence-corrected chi connectivity index (χ0v) is 19.8. The van der Waals surface area contributed by atoms with Crippen molar-refractivity contribution in [3.05, 3.63) is 56.4 Å². The molecule has 164 valence electrons. The molecule has 2 heterocycles. The first-order valence-corrected chi connectivity index (χ1v) is 11.9. The number of para-hydroxylation sites is 1. The molecule has 2 aromatic heterocycles. The van der Waals surface area contributed by atoms with Gasteiger partial charge in [0.2, 0.25) is 5.91 Å². The van der Waals surface area contributed by atoms with Crippen molar-refractivity contribution >= 4 is 57.6 Å². The first-order chi connectivity index (χ1) is 14.9. The number of nitrogens with one attached hydrogen (secondary N) is 1. The minimum absolute atomic E-state index is 0.0689. The van der Waals surface area contributed by atoms with Crippen LogP contribution in [0.15, 0.2) is 40.4 Å². The van der Waals surface area contributed by atoms with Gasteiger partial charge in [0.25, 0.3) is 5.56 Å². The van der Waals surface area contributed by atoms with E-state index in [1.54, 1.807) is 17.6 Å². The van der Waals surface area contributed by atoms with Gasteiger partial charge in [0.1, 0.15) is 0 Å². The van der Waals surface area contributed by atoms with Crippen molar-refractivity contribution in [2.75, 3.05) is 11.1 Å². The number of thioether (sulfide) groups is 1. The monoisotopic (exact) mass is 478 g/mol. The van der Waals surface area contributed by atoms with Crippen LogP contribution >= 0.6 is 35.0 Å². The van der Waals surface area contributed by atoms with Gasteiger partial charge in [-0.25, -0.2) is 9.97 Å². The maximum atomic E-state index is 13.0. The molecule has 0 aliphatic heterocycles. The molecule has 1 aromatic carbocycles. The smallest absolute Gasteiger partial charge is 0.262 e. The summed E-state index contributed by atoms with van der Waals surface area (Å²) < 4.78 is 1.67. The van der Waals surface area contributed by atoms with E-state index in [0.29, 0.717) is 38.2 Å². The maximum Gasteiger partial charge on any atom is 0.262 e. The number of anilines is 1. The number of unbranched alkanes of at least 4 members (excludes halogenated alkanes) is 3. The second-order valence-corrected chi connectivity index (χ2v) is 8.89. The van der Waals surface area contributed by atoms with Crippen molar-refractivity contribution in [3.8, 4) is 0 Å². The number of nitrogens with zero attached hydrogens (tertiary/aromatic N) is 3. The van der Waals surface area contributed by atoms with Crippen LogP contribution < -0.4 is 10.9 Å². The number of fused-ring (bicyclic) bond motifs is 1. The topological polar surface area (TPSA) is 76.9 Å². The zero-order valence-electron chi connectivity index (χ0n) is 17.5. The molecule has 0 bridgehead atoms. The SMILES string of the molecule is CCCCCCn1c(SCC(=O)Nc2ncc(Cl)c(C)c2Cl)nc2ccccc2c1=O. The molecule has 3 aromatic rings. The van der Waals surface area contributed by atoms with Gasteiger partial charge in [-0.3, -0.25) is 14.2 Å². The minimum Gasteiger partial charge on any atom is -0.309 e. The van der Waals surface area contributed by atoms with Gasteiger partial charge in [-0.1, -0.05) is 73.3 Å². The lowest BCUT2D eigenvalue weighted by molar-refractivity contribution is -0.113. The number of hydrogen-bond acceptors (Lipinski definition) is 5. The van der Waals surface area contributed by atoms with Crippen molar-refractivity contribution in [2.24, 2.45) is 0 Å². The van der Waals surface area contributed by atoms with E-state index in [1.165, 1.54) is 18.0 Å². The third-order valence-corrected chi connectivity index (χ3v) is 6.67. The van der Waals surface area contributed by atoms with Crippen molar-refractivity contribution in [1.82, 2.24) is 14.5 Å². The Kier molecular flexibility index (Phi) is 8.35. The average molecular weight is 479 g/mol. The fraction of sp³-hybridized carbons (Fsp3) is 0.364. The van der Waals surface area contributed by atoms with Crippen LogP contribution in [0.5, 0.6) is 0 Å². The zero-order chi connectivity index (χ0) is 22.4. The fourth-order valence-electron chi connectivity index (χ4n) is 3.09. The summed E-state index contributed by atoms with van der Waals surface area (Å²) in [6, 6.07) is 7.27.